The zero-order chi connectivity index (χ0) is 16.4. The Balaban J connectivity index is 1.85. The van der Waals surface area contributed by atoms with Crippen LogP contribution >= 0.6 is 0 Å². The van der Waals surface area contributed by atoms with E-state index in [0.29, 0.717) is 18.7 Å². The summed E-state index contributed by atoms with van der Waals surface area (Å²) >= 11 is 0. The molecule has 4 rings (SSSR count). The predicted octanol–water partition coefficient (Wildman–Crippen LogP) is 2.76. The Morgan fingerprint density at radius 3 is 2.67 bits per heavy atom. The van der Waals surface area contributed by atoms with E-state index in [1.165, 1.54) is 0 Å². The first kappa shape index (κ1) is 15.1. The molecule has 1 saturated heterocycles. The van der Waals surface area contributed by atoms with Gasteiger partial charge in [0, 0.05) is 42.6 Å². The first-order chi connectivity index (χ1) is 11.8. The van der Waals surface area contributed by atoms with E-state index in [-0.39, 0.29) is 11.8 Å². The molecule has 1 atom stereocenters. The van der Waals surface area contributed by atoms with E-state index in [9.17, 15) is 5.11 Å². The van der Waals surface area contributed by atoms with Gasteiger partial charge in [-0.2, -0.15) is 0 Å². The second-order valence-electron chi connectivity index (χ2n) is 5.92. The van der Waals surface area contributed by atoms with Crippen LogP contribution in [0.3, 0.4) is 0 Å². The molecule has 1 aromatic carbocycles. The second-order valence-corrected chi connectivity index (χ2v) is 5.92. The van der Waals surface area contributed by atoms with Crippen LogP contribution < -0.4 is 0 Å². The zero-order valence-corrected chi connectivity index (χ0v) is 13.3. The van der Waals surface area contributed by atoms with Gasteiger partial charge in [0.05, 0.1) is 19.3 Å². The molecule has 0 amide bonds. The molecule has 0 radical (unpaired) electrons. The Morgan fingerprint density at radius 1 is 1.04 bits per heavy atom. The first-order valence-corrected chi connectivity index (χ1v) is 8.13. The molecule has 0 saturated carbocycles. The lowest BCUT2D eigenvalue weighted by Crippen LogP contribution is -2.39. The van der Waals surface area contributed by atoms with E-state index in [2.05, 4.69) is 20.9 Å². The van der Waals surface area contributed by atoms with Crippen LogP contribution in [0.1, 0.15) is 17.2 Å². The van der Waals surface area contributed by atoms with Crippen LogP contribution in [-0.4, -0.2) is 46.3 Å². The third-order valence-electron chi connectivity index (χ3n) is 4.48. The number of hydrogen-bond donors (Lipinski definition) is 1. The van der Waals surface area contributed by atoms with Crippen LogP contribution in [-0.2, 0) is 4.74 Å². The van der Waals surface area contributed by atoms with Crippen LogP contribution in [0, 0.1) is 0 Å². The number of pyridine rings is 2. The maximum atomic E-state index is 10.9. The molecule has 5 heteroatoms. The largest absolute Gasteiger partial charge is 0.505 e. The summed E-state index contributed by atoms with van der Waals surface area (Å²) in [6.45, 7) is 3.03. The van der Waals surface area contributed by atoms with Crippen molar-refractivity contribution in [2.24, 2.45) is 0 Å². The normalized spacial score (nSPS) is 17.0. The Bertz CT molecular complexity index is 832. The number of hydrogen-bond acceptors (Lipinski definition) is 5. The van der Waals surface area contributed by atoms with Gasteiger partial charge in [-0.1, -0.05) is 24.3 Å². The minimum atomic E-state index is -0.0611. The Labute approximate surface area is 140 Å². The number of ether oxygens (including phenoxy) is 1. The van der Waals surface area contributed by atoms with Crippen molar-refractivity contribution in [3.8, 4) is 5.75 Å². The Morgan fingerprint density at radius 2 is 1.88 bits per heavy atom. The molecule has 24 heavy (non-hydrogen) atoms. The maximum Gasteiger partial charge on any atom is 0.146 e. The lowest BCUT2D eigenvalue weighted by Gasteiger charge is -2.35. The van der Waals surface area contributed by atoms with Gasteiger partial charge in [0.1, 0.15) is 11.3 Å². The maximum absolute atomic E-state index is 10.9. The number of benzene rings is 1. The summed E-state index contributed by atoms with van der Waals surface area (Å²) in [6, 6.07) is 11.8. The van der Waals surface area contributed by atoms with Gasteiger partial charge in [-0.05, 0) is 17.7 Å². The molecule has 1 fully saturated rings. The smallest absolute Gasteiger partial charge is 0.146 e. The zero-order valence-electron chi connectivity index (χ0n) is 13.3. The molecular weight excluding hydrogens is 302 g/mol. The Hall–Kier alpha value is -2.50. The van der Waals surface area contributed by atoms with Gasteiger partial charge in [-0.3, -0.25) is 14.9 Å². The summed E-state index contributed by atoms with van der Waals surface area (Å²) in [5.41, 5.74) is 2.55. The SMILES string of the molecule is Oc1c(C(c2cccnc2)N2CCOCC2)ccc2cccnc12. The van der Waals surface area contributed by atoms with E-state index in [0.717, 1.165) is 29.6 Å². The van der Waals surface area contributed by atoms with Crippen molar-refractivity contribution >= 4 is 10.9 Å². The number of aromatic hydroxyl groups is 1. The van der Waals surface area contributed by atoms with E-state index < -0.39 is 0 Å². The van der Waals surface area contributed by atoms with Crippen molar-refractivity contribution in [1.29, 1.82) is 0 Å². The van der Waals surface area contributed by atoms with Crippen LogP contribution in [0.25, 0.3) is 10.9 Å². The molecule has 1 N–H and O–H groups in total. The van der Waals surface area contributed by atoms with Gasteiger partial charge in [0.25, 0.3) is 0 Å². The molecule has 1 aliphatic heterocycles. The Kier molecular flexibility index (Phi) is 4.11. The topological polar surface area (TPSA) is 58.5 Å². The molecule has 0 aliphatic carbocycles. The van der Waals surface area contributed by atoms with Crippen molar-refractivity contribution in [2.75, 3.05) is 26.3 Å². The van der Waals surface area contributed by atoms with Crippen molar-refractivity contribution in [2.45, 2.75) is 6.04 Å². The first-order valence-electron chi connectivity index (χ1n) is 8.13. The number of nitrogens with zero attached hydrogens (tertiary/aromatic N) is 3. The minimum absolute atomic E-state index is 0.0611. The van der Waals surface area contributed by atoms with Crippen molar-refractivity contribution in [3.05, 3.63) is 66.1 Å². The van der Waals surface area contributed by atoms with E-state index in [1.54, 1.807) is 12.4 Å². The van der Waals surface area contributed by atoms with Gasteiger partial charge in [0.2, 0.25) is 0 Å². The third-order valence-corrected chi connectivity index (χ3v) is 4.48. The summed E-state index contributed by atoms with van der Waals surface area (Å²) in [4.78, 5) is 10.9. The fourth-order valence-electron chi connectivity index (χ4n) is 3.33. The molecule has 122 valence electrons. The highest BCUT2D eigenvalue weighted by molar-refractivity contribution is 5.85. The van der Waals surface area contributed by atoms with E-state index >= 15 is 0 Å². The number of phenols is 1. The summed E-state index contributed by atoms with van der Waals surface area (Å²) in [5, 5.41) is 11.8. The minimum Gasteiger partial charge on any atom is -0.505 e. The molecule has 1 aliphatic rings. The van der Waals surface area contributed by atoms with E-state index in [4.69, 9.17) is 4.74 Å². The van der Waals surface area contributed by atoms with Gasteiger partial charge in [-0.15, -0.1) is 0 Å². The number of morpholine rings is 1. The summed E-state index contributed by atoms with van der Waals surface area (Å²) in [6.07, 6.45) is 5.34. The monoisotopic (exact) mass is 321 g/mol. The average Bonchev–Trinajstić information content (AvgIpc) is 2.66. The fraction of sp³-hybridized carbons (Fsp3) is 0.263. The lowest BCUT2D eigenvalue weighted by atomic mass is 9.95. The quantitative estimate of drug-likeness (QED) is 0.804. The number of phenolic OH excluding ortho intramolecular Hbond substituents is 1. The van der Waals surface area contributed by atoms with Gasteiger partial charge in [-0.25, -0.2) is 0 Å². The van der Waals surface area contributed by atoms with Crippen LogP contribution in [0.5, 0.6) is 5.75 Å². The van der Waals surface area contributed by atoms with Crippen LogP contribution in [0.15, 0.2) is 55.0 Å². The molecule has 0 bridgehead atoms. The number of rotatable bonds is 3. The molecule has 5 nitrogen and oxygen atoms in total. The average molecular weight is 321 g/mol. The van der Waals surface area contributed by atoms with E-state index in [1.807, 2.05) is 36.5 Å². The van der Waals surface area contributed by atoms with Crippen LogP contribution in [0.4, 0.5) is 0 Å². The molecule has 3 heterocycles. The predicted molar refractivity (Wildman–Crippen MR) is 91.9 cm³/mol. The molecule has 2 aromatic heterocycles. The fourth-order valence-corrected chi connectivity index (χ4v) is 3.33. The lowest BCUT2D eigenvalue weighted by molar-refractivity contribution is 0.0235. The highest BCUT2D eigenvalue weighted by Crippen LogP contribution is 2.37. The summed E-state index contributed by atoms with van der Waals surface area (Å²) < 4.78 is 5.49. The van der Waals surface area contributed by atoms with Crippen molar-refractivity contribution in [1.82, 2.24) is 14.9 Å². The molecular formula is C19H19N3O2. The molecule has 3 aromatic rings. The third kappa shape index (κ3) is 2.72. The summed E-state index contributed by atoms with van der Waals surface area (Å²) in [5.74, 6) is 0.244. The highest BCUT2D eigenvalue weighted by atomic mass is 16.5. The van der Waals surface area contributed by atoms with Crippen molar-refractivity contribution < 1.29 is 9.84 Å². The molecule has 1 unspecified atom stereocenters. The summed E-state index contributed by atoms with van der Waals surface area (Å²) in [7, 11) is 0. The van der Waals surface area contributed by atoms with Gasteiger partial charge in [0.15, 0.2) is 0 Å². The number of fused-ring (bicyclic) bond motifs is 1. The van der Waals surface area contributed by atoms with Crippen molar-refractivity contribution in [3.63, 3.8) is 0 Å². The molecule has 0 spiro atoms. The van der Waals surface area contributed by atoms with Crippen LogP contribution in [0.2, 0.25) is 0 Å². The highest BCUT2D eigenvalue weighted by Gasteiger charge is 2.27. The standard InChI is InChI=1S/C19H19N3O2/c23-19-16(6-5-14-3-2-8-21-17(14)19)18(15-4-1-7-20-13-15)22-9-11-24-12-10-22/h1-8,13,18,23H,9-12H2. The number of aromatic nitrogens is 2. The van der Waals surface area contributed by atoms with Gasteiger partial charge >= 0.3 is 0 Å². The second kappa shape index (κ2) is 6.55. The van der Waals surface area contributed by atoms with Gasteiger partial charge < -0.3 is 9.84 Å².